The van der Waals surface area contributed by atoms with Crippen molar-refractivity contribution in [3.8, 4) is 0 Å². The fourth-order valence-corrected chi connectivity index (χ4v) is 4.61. The highest BCUT2D eigenvalue weighted by molar-refractivity contribution is 14.0. The summed E-state index contributed by atoms with van der Waals surface area (Å²) < 4.78 is 11.5. The van der Waals surface area contributed by atoms with Crippen LogP contribution in [0.5, 0.6) is 0 Å². The molecule has 3 heterocycles. The summed E-state index contributed by atoms with van der Waals surface area (Å²) in [6, 6.07) is 8.73. The highest BCUT2D eigenvalue weighted by atomic mass is 127. The maximum absolute atomic E-state index is 6.25. The van der Waals surface area contributed by atoms with Crippen molar-refractivity contribution in [1.82, 2.24) is 15.5 Å². The van der Waals surface area contributed by atoms with Gasteiger partial charge < -0.3 is 20.1 Å². The molecule has 3 aliphatic heterocycles. The van der Waals surface area contributed by atoms with E-state index < -0.39 is 0 Å². The van der Waals surface area contributed by atoms with Crippen LogP contribution < -0.4 is 10.6 Å². The maximum atomic E-state index is 6.25. The molecule has 4 atom stereocenters. The Balaban J connectivity index is 0.00000225. The summed E-state index contributed by atoms with van der Waals surface area (Å²) in [5.74, 6) is 0.844. The molecule has 1 aromatic carbocycles. The molecule has 1 aromatic rings. The van der Waals surface area contributed by atoms with Crippen molar-refractivity contribution in [2.45, 2.75) is 43.6 Å². The van der Waals surface area contributed by atoms with E-state index in [1.807, 2.05) is 19.2 Å². The van der Waals surface area contributed by atoms with Gasteiger partial charge in [-0.1, -0.05) is 23.7 Å². The smallest absolute Gasteiger partial charge is 0.191 e. The molecule has 3 fully saturated rings. The minimum atomic E-state index is 0. The third kappa shape index (κ3) is 5.30. The number of guanidine groups is 1. The Morgan fingerprint density at radius 1 is 1.32 bits per heavy atom. The fourth-order valence-electron chi connectivity index (χ4n) is 4.41. The molecule has 2 N–H and O–H groups in total. The van der Waals surface area contributed by atoms with Gasteiger partial charge in [-0.05, 0) is 37.0 Å². The maximum Gasteiger partial charge on any atom is 0.191 e. The number of halogens is 2. The van der Waals surface area contributed by atoms with E-state index >= 15 is 0 Å². The van der Waals surface area contributed by atoms with E-state index in [1.54, 1.807) is 0 Å². The van der Waals surface area contributed by atoms with Crippen LogP contribution in [0, 0.1) is 0 Å². The number of fused-ring (bicyclic) bond motifs is 2. The van der Waals surface area contributed by atoms with Gasteiger partial charge in [-0.3, -0.25) is 9.89 Å². The zero-order valence-electron chi connectivity index (χ0n) is 16.3. The van der Waals surface area contributed by atoms with E-state index in [0.29, 0.717) is 18.2 Å². The second-order valence-electron chi connectivity index (χ2n) is 7.53. The molecule has 3 aliphatic rings. The van der Waals surface area contributed by atoms with Gasteiger partial charge >= 0.3 is 0 Å². The molecule has 8 heteroatoms. The first-order valence-corrected chi connectivity index (χ1v) is 10.3. The summed E-state index contributed by atoms with van der Waals surface area (Å²) in [7, 11) is 1.83. The van der Waals surface area contributed by atoms with Crippen LogP contribution in [-0.2, 0) is 9.47 Å². The molecular weight excluding hydrogens is 491 g/mol. The normalized spacial score (nSPS) is 28.6. The number of ether oxygens (including phenoxy) is 2. The number of nitrogens with zero attached hydrogens (tertiary/aromatic N) is 2. The Bertz CT molecular complexity index is 671. The van der Waals surface area contributed by atoms with Crippen molar-refractivity contribution in [3.63, 3.8) is 0 Å². The van der Waals surface area contributed by atoms with Crippen molar-refractivity contribution in [2.75, 3.05) is 39.9 Å². The second kappa shape index (κ2) is 10.4. The van der Waals surface area contributed by atoms with Crippen molar-refractivity contribution in [2.24, 2.45) is 4.99 Å². The third-order valence-corrected chi connectivity index (χ3v) is 6.07. The number of aliphatic imine (C=N–C) groups is 1. The van der Waals surface area contributed by atoms with Crippen LogP contribution in [-0.4, -0.2) is 69.0 Å². The number of benzene rings is 1. The van der Waals surface area contributed by atoms with Crippen molar-refractivity contribution in [3.05, 3.63) is 34.9 Å². The molecule has 3 saturated heterocycles. The van der Waals surface area contributed by atoms with Crippen LogP contribution in [0.4, 0.5) is 0 Å². The molecule has 0 saturated carbocycles. The second-order valence-corrected chi connectivity index (χ2v) is 7.97. The van der Waals surface area contributed by atoms with Crippen LogP contribution in [0.2, 0.25) is 5.02 Å². The lowest BCUT2D eigenvalue weighted by Crippen LogP contribution is -2.50. The number of hydrogen-bond donors (Lipinski definition) is 2. The van der Waals surface area contributed by atoms with E-state index in [1.165, 1.54) is 12.0 Å². The van der Waals surface area contributed by atoms with Gasteiger partial charge in [0, 0.05) is 31.7 Å². The lowest BCUT2D eigenvalue weighted by Gasteiger charge is -2.35. The first kappa shape index (κ1) is 22.1. The quantitative estimate of drug-likeness (QED) is 0.355. The summed E-state index contributed by atoms with van der Waals surface area (Å²) in [5.41, 5.74) is 1.22. The Morgan fingerprint density at radius 3 is 2.79 bits per heavy atom. The Morgan fingerprint density at radius 2 is 2.14 bits per heavy atom. The molecule has 6 nitrogen and oxygen atoms in total. The predicted octanol–water partition coefficient (Wildman–Crippen LogP) is 2.82. The number of hydrogen-bond acceptors (Lipinski definition) is 4. The first-order chi connectivity index (χ1) is 13.2. The Kier molecular flexibility index (Phi) is 8.22. The largest absolute Gasteiger partial charge is 0.379 e. The summed E-state index contributed by atoms with van der Waals surface area (Å²) in [5, 5.41) is 7.86. The van der Waals surface area contributed by atoms with Gasteiger partial charge in [-0.25, -0.2) is 0 Å². The van der Waals surface area contributed by atoms with Gasteiger partial charge in [0.15, 0.2) is 5.96 Å². The summed E-state index contributed by atoms with van der Waals surface area (Å²) in [4.78, 5) is 6.89. The Hall–Kier alpha value is -0.610. The average molecular weight is 521 g/mol. The molecule has 2 bridgehead atoms. The molecule has 4 rings (SSSR count). The van der Waals surface area contributed by atoms with Crippen molar-refractivity contribution >= 4 is 41.5 Å². The van der Waals surface area contributed by atoms with Gasteiger partial charge in [0.1, 0.15) is 0 Å². The molecule has 4 unspecified atom stereocenters. The highest BCUT2D eigenvalue weighted by Crippen LogP contribution is 2.34. The van der Waals surface area contributed by atoms with Crippen molar-refractivity contribution < 1.29 is 9.47 Å². The van der Waals surface area contributed by atoms with E-state index in [2.05, 4.69) is 32.7 Å². The van der Waals surface area contributed by atoms with Gasteiger partial charge in [0.25, 0.3) is 0 Å². The van der Waals surface area contributed by atoms with E-state index in [9.17, 15) is 0 Å². The summed E-state index contributed by atoms with van der Waals surface area (Å²) in [6.07, 6.45) is 4.18. The fraction of sp³-hybridized carbons (Fsp3) is 0.650. The third-order valence-electron chi connectivity index (χ3n) is 5.83. The molecule has 0 aliphatic carbocycles. The van der Waals surface area contributed by atoms with Crippen LogP contribution in [0.1, 0.15) is 30.9 Å². The van der Waals surface area contributed by atoms with E-state index in [0.717, 1.165) is 56.7 Å². The van der Waals surface area contributed by atoms with E-state index in [4.69, 9.17) is 21.1 Å². The van der Waals surface area contributed by atoms with Gasteiger partial charge in [0.05, 0.1) is 37.5 Å². The van der Waals surface area contributed by atoms with Crippen LogP contribution in [0.25, 0.3) is 0 Å². The van der Waals surface area contributed by atoms with Gasteiger partial charge in [-0.15, -0.1) is 24.0 Å². The lowest BCUT2D eigenvalue weighted by atomic mass is 9.96. The zero-order chi connectivity index (χ0) is 18.6. The molecular formula is C20H30ClIN4O2. The highest BCUT2D eigenvalue weighted by Gasteiger charge is 2.41. The SMILES string of the molecule is CN=C(NCC(c1cccc(Cl)c1)N1CCOCC1)NC1CC2CCC1O2.I. The molecule has 0 radical (unpaired) electrons. The topological polar surface area (TPSA) is 58.1 Å². The van der Waals surface area contributed by atoms with Crippen LogP contribution in [0.15, 0.2) is 29.3 Å². The summed E-state index contributed by atoms with van der Waals surface area (Å²) >= 11 is 6.25. The first-order valence-electron chi connectivity index (χ1n) is 9.93. The zero-order valence-corrected chi connectivity index (χ0v) is 19.4. The number of rotatable bonds is 5. The lowest BCUT2D eigenvalue weighted by molar-refractivity contribution is 0.0170. The monoisotopic (exact) mass is 520 g/mol. The molecule has 28 heavy (non-hydrogen) atoms. The molecule has 0 amide bonds. The number of nitrogens with one attached hydrogen (secondary N) is 2. The van der Waals surface area contributed by atoms with Gasteiger partial charge in [0.2, 0.25) is 0 Å². The predicted molar refractivity (Wildman–Crippen MR) is 123 cm³/mol. The van der Waals surface area contributed by atoms with E-state index in [-0.39, 0.29) is 30.0 Å². The Labute approximate surface area is 189 Å². The minimum Gasteiger partial charge on any atom is -0.379 e. The van der Waals surface area contributed by atoms with Crippen molar-refractivity contribution in [1.29, 1.82) is 0 Å². The molecule has 0 spiro atoms. The van der Waals surface area contributed by atoms with Gasteiger partial charge in [-0.2, -0.15) is 0 Å². The number of morpholine rings is 1. The summed E-state index contributed by atoms with van der Waals surface area (Å²) in [6.45, 7) is 4.15. The molecule has 156 valence electrons. The van der Waals surface area contributed by atoms with Crippen LogP contribution in [0.3, 0.4) is 0 Å². The average Bonchev–Trinajstić information content (AvgIpc) is 3.31. The van der Waals surface area contributed by atoms with Crippen LogP contribution >= 0.6 is 35.6 Å². The standard InChI is InChI=1S/C20H29ClN4O2.HI/c1-22-20(24-17-12-16-5-6-19(17)27-16)23-13-18(25-7-9-26-10-8-25)14-3-2-4-15(21)11-14;/h2-4,11,16-19H,5-10,12-13H2,1H3,(H2,22,23,24);1H. The molecule has 0 aromatic heterocycles. The minimum absolute atomic E-state index is 0.